The predicted octanol–water partition coefficient (Wildman–Crippen LogP) is 1.75. The third-order valence-electron chi connectivity index (χ3n) is 2.73. The third kappa shape index (κ3) is 2.15. The van der Waals surface area contributed by atoms with Crippen LogP contribution in [0, 0.1) is 6.92 Å². The zero-order chi connectivity index (χ0) is 14.1. The summed E-state index contributed by atoms with van der Waals surface area (Å²) in [5, 5.41) is 0.903. The second-order valence-corrected chi connectivity index (χ2v) is 5.30. The second-order valence-electron chi connectivity index (χ2n) is 4.06. The number of ether oxygens (including phenoxy) is 1. The molecule has 0 aliphatic carbocycles. The van der Waals surface area contributed by atoms with Crippen LogP contribution in [0.4, 0.5) is 5.82 Å². The Morgan fingerprint density at radius 3 is 2.85 bits per heavy atom. The van der Waals surface area contributed by atoms with Gasteiger partial charge in [-0.15, -0.1) is 11.3 Å². The molecule has 3 rings (SSSR count). The number of thiophene rings is 1. The average Bonchev–Trinajstić information content (AvgIpc) is 2.86. The van der Waals surface area contributed by atoms with Crippen molar-refractivity contribution in [3.8, 4) is 17.4 Å². The topological polar surface area (TPSA) is 98.8 Å². The standard InChI is InChI=1S/C12H12N6OS/c1-6-3-7-10(18-13)16-11(17-12(7)20-6)8-4-9(19-2)15-5-14-8/h3-5H,13H2,1-2H3,(H,16,17,18). The Morgan fingerprint density at radius 2 is 2.10 bits per heavy atom. The summed E-state index contributed by atoms with van der Waals surface area (Å²) in [7, 11) is 1.55. The lowest BCUT2D eigenvalue weighted by atomic mass is 10.3. The summed E-state index contributed by atoms with van der Waals surface area (Å²) in [5.74, 6) is 7.05. The van der Waals surface area contributed by atoms with Gasteiger partial charge in [0.1, 0.15) is 16.9 Å². The number of nitrogen functional groups attached to an aromatic ring is 1. The molecule has 0 amide bonds. The first-order valence-electron chi connectivity index (χ1n) is 5.82. The maximum atomic E-state index is 5.54. The molecule has 0 aliphatic heterocycles. The molecule has 3 heterocycles. The van der Waals surface area contributed by atoms with Crippen molar-refractivity contribution in [2.45, 2.75) is 6.92 Å². The lowest BCUT2D eigenvalue weighted by Gasteiger charge is -2.05. The molecule has 3 aromatic rings. The molecule has 0 bridgehead atoms. The van der Waals surface area contributed by atoms with Gasteiger partial charge in [0.25, 0.3) is 0 Å². The summed E-state index contributed by atoms with van der Waals surface area (Å²) in [6.45, 7) is 2.01. The van der Waals surface area contributed by atoms with E-state index in [0.29, 0.717) is 23.2 Å². The Labute approximate surface area is 118 Å². The smallest absolute Gasteiger partial charge is 0.216 e. The predicted molar refractivity (Wildman–Crippen MR) is 77.5 cm³/mol. The van der Waals surface area contributed by atoms with Crippen molar-refractivity contribution in [2.24, 2.45) is 5.84 Å². The number of rotatable bonds is 3. The van der Waals surface area contributed by atoms with E-state index in [4.69, 9.17) is 10.6 Å². The Bertz CT molecular complexity index is 772. The van der Waals surface area contributed by atoms with Crippen LogP contribution in [-0.4, -0.2) is 27.0 Å². The van der Waals surface area contributed by atoms with Gasteiger partial charge in [-0.1, -0.05) is 0 Å². The Hall–Kier alpha value is -2.32. The van der Waals surface area contributed by atoms with E-state index in [0.717, 1.165) is 15.1 Å². The number of aromatic nitrogens is 4. The molecule has 102 valence electrons. The quantitative estimate of drug-likeness (QED) is 0.559. The molecular weight excluding hydrogens is 276 g/mol. The minimum absolute atomic E-state index is 0.461. The molecule has 0 unspecified atom stereocenters. The lowest BCUT2D eigenvalue weighted by molar-refractivity contribution is 0.397. The number of hydrogen-bond donors (Lipinski definition) is 2. The van der Waals surface area contributed by atoms with E-state index in [9.17, 15) is 0 Å². The molecule has 0 fully saturated rings. The highest BCUT2D eigenvalue weighted by molar-refractivity contribution is 7.18. The fourth-order valence-corrected chi connectivity index (χ4v) is 2.72. The highest BCUT2D eigenvalue weighted by Gasteiger charge is 2.12. The molecule has 7 nitrogen and oxygen atoms in total. The van der Waals surface area contributed by atoms with Gasteiger partial charge in [-0.25, -0.2) is 25.8 Å². The molecule has 3 N–H and O–H groups in total. The highest BCUT2D eigenvalue weighted by atomic mass is 32.1. The number of hydrazine groups is 1. The summed E-state index contributed by atoms with van der Waals surface area (Å²) < 4.78 is 5.08. The number of hydrogen-bond acceptors (Lipinski definition) is 8. The zero-order valence-corrected chi connectivity index (χ0v) is 11.7. The maximum Gasteiger partial charge on any atom is 0.216 e. The SMILES string of the molecule is COc1cc(-c2nc(NN)c3cc(C)sc3n2)ncn1. The van der Waals surface area contributed by atoms with Crippen LogP contribution < -0.4 is 16.0 Å². The number of aryl methyl sites for hydroxylation is 1. The van der Waals surface area contributed by atoms with Crippen LogP contribution in [0.2, 0.25) is 0 Å². The largest absolute Gasteiger partial charge is 0.481 e. The molecule has 0 saturated carbocycles. The lowest BCUT2D eigenvalue weighted by Crippen LogP contribution is -2.10. The summed E-state index contributed by atoms with van der Waals surface area (Å²) in [5.41, 5.74) is 3.19. The summed E-state index contributed by atoms with van der Waals surface area (Å²) in [4.78, 5) is 19.0. The normalized spacial score (nSPS) is 10.8. The van der Waals surface area contributed by atoms with E-state index < -0.39 is 0 Å². The molecule has 0 radical (unpaired) electrons. The molecular formula is C12H12N6OS. The fourth-order valence-electron chi connectivity index (χ4n) is 1.84. The fraction of sp³-hybridized carbons (Fsp3) is 0.167. The van der Waals surface area contributed by atoms with Gasteiger partial charge in [0.2, 0.25) is 5.88 Å². The second kappa shape index (κ2) is 4.99. The molecule has 0 aromatic carbocycles. The first kappa shape index (κ1) is 12.7. The van der Waals surface area contributed by atoms with Crippen LogP contribution in [0.3, 0.4) is 0 Å². The van der Waals surface area contributed by atoms with E-state index in [1.165, 1.54) is 6.33 Å². The van der Waals surface area contributed by atoms with Gasteiger partial charge in [-0.3, -0.25) is 0 Å². The number of anilines is 1. The van der Waals surface area contributed by atoms with E-state index in [-0.39, 0.29) is 0 Å². The van der Waals surface area contributed by atoms with Crippen LogP contribution in [0.15, 0.2) is 18.5 Å². The van der Waals surface area contributed by atoms with E-state index in [1.54, 1.807) is 24.5 Å². The van der Waals surface area contributed by atoms with Crippen molar-refractivity contribution in [3.05, 3.63) is 23.3 Å². The van der Waals surface area contributed by atoms with Crippen molar-refractivity contribution in [2.75, 3.05) is 12.5 Å². The number of nitrogens with one attached hydrogen (secondary N) is 1. The van der Waals surface area contributed by atoms with Crippen LogP contribution in [0.25, 0.3) is 21.7 Å². The monoisotopic (exact) mass is 288 g/mol. The van der Waals surface area contributed by atoms with Crippen molar-refractivity contribution < 1.29 is 4.74 Å². The summed E-state index contributed by atoms with van der Waals surface area (Å²) in [6.07, 6.45) is 1.41. The minimum Gasteiger partial charge on any atom is -0.481 e. The van der Waals surface area contributed by atoms with Gasteiger partial charge in [0.05, 0.1) is 12.5 Å². The molecule has 0 spiro atoms. The van der Waals surface area contributed by atoms with Crippen LogP contribution in [0.1, 0.15) is 4.88 Å². The van der Waals surface area contributed by atoms with Crippen LogP contribution >= 0.6 is 11.3 Å². The van der Waals surface area contributed by atoms with E-state index in [2.05, 4.69) is 25.4 Å². The molecule has 0 atom stereocenters. The first-order chi connectivity index (χ1) is 9.71. The number of nitrogens with two attached hydrogens (primary N) is 1. The Kier molecular flexibility index (Phi) is 3.17. The van der Waals surface area contributed by atoms with Gasteiger partial charge in [-0.05, 0) is 13.0 Å². The van der Waals surface area contributed by atoms with E-state index in [1.807, 2.05) is 13.0 Å². The molecule has 0 saturated heterocycles. The van der Waals surface area contributed by atoms with Crippen molar-refractivity contribution >= 4 is 27.4 Å². The number of fused-ring (bicyclic) bond motifs is 1. The number of nitrogens with zero attached hydrogens (tertiary/aromatic N) is 4. The highest BCUT2D eigenvalue weighted by Crippen LogP contribution is 2.30. The number of methoxy groups -OCH3 is 1. The molecule has 20 heavy (non-hydrogen) atoms. The average molecular weight is 288 g/mol. The molecule has 0 aliphatic rings. The molecule has 3 aromatic heterocycles. The zero-order valence-electron chi connectivity index (χ0n) is 10.9. The molecule has 8 heteroatoms. The Balaban J connectivity index is 2.20. The van der Waals surface area contributed by atoms with Gasteiger partial charge in [0.15, 0.2) is 11.6 Å². The van der Waals surface area contributed by atoms with Gasteiger partial charge >= 0.3 is 0 Å². The van der Waals surface area contributed by atoms with Gasteiger partial charge in [0, 0.05) is 10.9 Å². The summed E-state index contributed by atoms with van der Waals surface area (Å²) >= 11 is 1.58. The van der Waals surface area contributed by atoms with E-state index >= 15 is 0 Å². The van der Waals surface area contributed by atoms with Gasteiger partial charge < -0.3 is 10.2 Å². The van der Waals surface area contributed by atoms with Gasteiger partial charge in [-0.2, -0.15) is 0 Å². The summed E-state index contributed by atoms with van der Waals surface area (Å²) in [6, 6.07) is 3.68. The van der Waals surface area contributed by atoms with Crippen LogP contribution in [0.5, 0.6) is 5.88 Å². The van der Waals surface area contributed by atoms with Crippen molar-refractivity contribution in [1.82, 2.24) is 19.9 Å². The van der Waals surface area contributed by atoms with Crippen molar-refractivity contribution in [3.63, 3.8) is 0 Å². The Morgan fingerprint density at radius 1 is 1.25 bits per heavy atom. The van der Waals surface area contributed by atoms with Crippen LogP contribution in [-0.2, 0) is 0 Å². The van der Waals surface area contributed by atoms with Crippen molar-refractivity contribution in [1.29, 1.82) is 0 Å². The third-order valence-corrected chi connectivity index (χ3v) is 3.68. The minimum atomic E-state index is 0.461. The first-order valence-corrected chi connectivity index (χ1v) is 6.64. The maximum absolute atomic E-state index is 5.54.